The molecule has 0 saturated heterocycles. The summed E-state index contributed by atoms with van der Waals surface area (Å²) in [6.07, 6.45) is 0. The molecule has 1 aromatic heterocycles. The maximum Gasteiger partial charge on any atom is 0.262 e. The number of aromatic nitrogens is 1. The van der Waals surface area contributed by atoms with Crippen molar-refractivity contribution >= 4 is 56.8 Å². The molecule has 33 heavy (non-hydrogen) atoms. The lowest BCUT2D eigenvalue weighted by Gasteiger charge is -2.24. The van der Waals surface area contributed by atoms with Crippen molar-refractivity contribution in [3.63, 3.8) is 0 Å². The molecule has 2 heterocycles. The number of hydrogen-bond donors (Lipinski definition) is 0. The molecule has 174 valence electrons. The van der Waals surface area contributed by atoms with E-state index in [0.717, 1.165) is 9.60 Å². The van der Waals surface area contributed by atoms with Gasteiger partial charge in [-0.05, 0) is 45.3 Å². The number of amides is 3. The van der Waals surface area contributed by atoms with Crippen molar-refractivity contribution in [2.45, 2.75) is 6.92 Å². The van der Waals surface area contributed by atoms with Gasteiger partial charge in [0, 0.05) is 13.1 Å². The molecule has 0 atom stereocenters. The molecule has 4 rings (SSSR count). The highest BCUT2D eigenvalue weighted by molar-refractivity contribution is 7.22. The predicted molar refractivity (Wildman–Crippen MR) is 131 cm³/mol. The van der Waals surface area contributed by atoms with E-state index in [4.69, 9.17) is 4.74 Å². The van der Waals surface area contributed by atoms with Gasteiger partial charge in [-0.25, -0.2) is 4.98 Å². The standard InChI is InChI=1S/C23H24N4O4S.ClH/c1-4-31-17-10-7-11-18-20(17)24-23(32-18)26(13-12-25(2)3)19(28)14-27-21(29)15-8-5-6-9-16(15)22(27)30;/h5-11H,4,12-14H2,1-3H3;1H. The fraction of sp³-hybridized carbons (Fsp3) is 0.304. The van der Waals surface area contributed by atoms with E-state index in [1.165, 1.54) is 11.3 Å². The van der Waals surface area contributed by atoms with E-state index in [1.807, 2.05) is 44.1 Å². The Labute approximate surface area is 202 Å². The molecule has 8 nitrogen and oxygen atoms in total. The number of anilines is 1. The Kier molecular flexibility index (Phi) is 7.68. The van der Waals surface area contributed by atoms with Crippen molar-refractivity contribution in [3.05, 3.63) is 53.6 Å². The molecule has 0 spiro atoms. The van der Waals surface area contributed by atoms with Gasteiger partial charge in [-0.15, -0.1) is 12.4 Å². The Morgan fingerprint density at radius 1 is 1.03 bits per heavy atom. The largest absolute Gasteiger partial charge is 0.492 e. The van der Waals surface area contributed by atoms with Gasteiger partial charge in [0.25, 0.3) is 11.8 Å². The molecule has 0 aliphatic carbocycles. The number of para-hydroxylation sites is 1. The summed E-state index contributed by atoms with van der Waals surface area (Å²) in [6.45, 7) is 3.05. The molecule has 0 bridgehead atoms. The first-order valence-corrected chi connectivity index (χ1v) is 11.1. The van der Waals surface area contributed by atoms with Crippen LogP contribution < -0.4 is 9.64 Å². The lowest BCUT2D eigenvalue weighted by Crippen LogP contribution is -2.45. The maximum atomic E-state index is 13.3. The van der Waals surface area contributed by atoms with E-state index in [2.05, 4.69) is 4.98 Å². The molecule has 0 unspecified atom stereocenters. The minimum absolute atomic E-state index is 0. The third-order valence-corrected chi connectivity index (χ3v) is 6.19. The summed E-state index contributed by atoms with van der Waals surface area (Å²) in [6, 6.07) is 12.3. The van der Waals surface area contributed by atoms with Crippen LogP contribution in [0, 0.1) is 0 Å². The van der Waals surface area contributed by atoms with Crippen LogP contribution in [0.1, 0.15) is 27.6 Å². The molecule has 1 aliphatic rings. The Morgan fingerprint density at radius 2 is 1.70 bits per heavy atom. The highest BCUT2D eigenvalue weighted by atomic mass is 35.5. The number of nitrogens with zero attached hydrogens (tertiary/aromatic N) is 4. The summed E-state index contributed by atoms with van der Waals surface area (Å²) in [4.78, 5) is 48.0. The summed E-state index contributed by atoms with van der Waals surface area (Å²) < 4.78 is 6.57. The number of hydrogen-bond acceptors (Lipinski definition) is 7. The zero-order valence-electron chi connectivity index (χ0n) is 18.6. The van der Waals surface area contributed by atoms with Gasteiger partial charge in [0.2, 0.25) is 5.91 Å². The molecule has 10 heteroatoms. The number of halogens is 1. The Bertz CT molecular complexity index is 1160. The highest BCUT2D eigenvalue weighted by Gasteiger charge is 2.37. The second-order valence-electron chi connectivity index (χ2n) is 7.62. The van der Waals surface area contributed by atoms with Crippen LogP contribution in [-0.4, -0.2) is 72.8 Å². The molecule has 3 amide bonds. The maximum absolute atomic E-state index is 13.3. The number of fused-ring (bicyclic) bond motifs is 2. The molecule has 0 N–H and O–H groups in total. The average Bonchev–Trinajstić information content (AvgIpc) is 3.30. The highest BCUT2D eigenvalue weighted by Crippen LogP contribution is 2.34. The van der Waals surface area contributed by atoms with Gasteiger partial charge in [-0.1, -0.05) is 29.5 Å². The minimum Gasteiger partial charge on any atom is -0.492 e. The number of thiazole rings is 1. The number of benzene rings is 2. The van der Waals surface area contributed by atoms with Crippen molar-refractivity contribution in [1.82, 2.24) is 14.8 Å². The summed E-state index contributed by atoms with van der Waals surface area (Å²) in [5, 5.41) is 0.510. The van der Waals surface area contributed by atoms with Gasteiger partial charge in [-0.2, -0.15) is 0 Å². The van der Waals surface area contributed by atoms with E-state index in [1.54, 1.807) is 29.2 Å². The fourth-order valence-electron chi connectivity index (χ4n) is 3.53. The van der Waals surface area contributed by atoms with Gasteiger partial charge in [0.15, 0.2) is 5.13 Å². The first-order chi connectivity index (χ1) is 15.4. The van der Waals surface area contributed by atoms with Crippen molar-refractivity contribution in [2.75, 3.05) is 45.2 Å². The van der Waals surface area contributed by atoms with Gasteiger partial charge in [0.05, 0.1) is 22.4 Å². The van der Waals surface area contributed by atoms with Gasteiger partial charge in [0.1, 0.15) is 17.8 Å². The minimum atomic E-state index is -0.450. The van der Waals surface area contributed by atoms with Crippen molar-refractivity contribution in [2.24, 2.45) is 0 Å². The van der Waals surface area contributed by atoms with Crippen molar-refractivity contribution < 1.29 is 19.1 Å². The molecule has 1 aliphatic heterocycles. The van der Waals surface area contributed by atoms with Crippen LogP contribution in [-0.2, 0) is 4.79 Å². The van der Waals surface area contributed by atoms with Crippen LogP contribution in [0.5, 0.6) is 5.75 Å². The van der Waals surface area contributed by atoms with Crippen LogP contribution >= 0.6 is 23.7 Å². The van der Waals surface area contributed by atoms with Crippen LogP contribution in [0.3, 0.4) is 0 Å². The van der Waals surface area contributed by atoms with Crippen LogP contribution in [0.4, 0.5) is 5.13 Å². The Balaban J connectivity index is 0.00000306. The van der Waals surface area contributed by atoms with Gasteiger partial charge < -0.3 is 9.64 Å². The molecule has 0 fully saturated rings. The fourth-order valence-corrected chi connectivity index (χ4v) is 4.56. The van der Waals surface area contributed by atoms with Crippen molar-refractivity contribution in [3.8, 4) is 5.75 Å². The molecule has 0 radical (unpaired) electrons. The predicted octanol–water partition coefficient (Wildman–Crippen LogP) is 3.31. The number of carbonyl (C=O) groups is 3. The second-order valence-corrected chi connectivity index (χ2v) is 8.63. The van der Waals surface area contributed by atoms with E-state index in [-0.39, 0.29) is 24.9 Å². The van der Waals surface area contributed by atoms with Crippen molar-refractivity contribution in [1.29, 1.82) is 0 Å². The normalized spacial score (nSPS) is 12.8. The third kappa shape index (κ3) is 4.85. The number of imide groups is 1. The summed E-state index contributed by atoms with van der Waals surface area (Å²) in [5.74, 6) is -0.602. The summed E-state index contributed by atoms with van der Waals surface area (Å²) in [5.41, 5.74) is 1.34. The monoisotopic (exact) mass is 488 g/mol. The van der Waals surface area contributed by atoms with Gasteiger partial charge in [-0.3, -0.25) is 24.2 Å². The molecular formula is C23H25ClN4O4S. The van der Waals surface area contributed by atoms with E-state index < -0.39 is 11.8 Å². The van der Waals surface area contributed by atoms with Gasteiger partial charge >= 0.3 is 0 Å². The Hall–Kier alpha value is -3.01. The number of rotatable bonds is 8. The lowest BCUT2D eigenvalue weighted by atomic mass is 10.1. The third-order valence-electron chi connectivity index (χ3n) is 5.14. The second kappa shape index (κ2) is 10.3. The molecule has 2 aromatic carbocycles. The molecule has 0 saturated carbocycles. The zero-order chi connectivity index (χ0) is 22.8. The first-order valence-electron chi connectivity index (χ1n) is 10.3. The van der Waals surface area contributed by atoms with E-state index in [9.17, 15) is 14.4 Å². The smallest absolute Gasteiger partial charge is 0.262 e. The summed E-state index contributed by atoms with van der Waals surface area (Å²) >= 11 is 1.38. The first kappa shape index (κ1) is 24.6. The number of likely N-dealkylation sites (N-methyl/N-ethyl adjacent to an activating group) is 1. The topological polar surface area (TPSA) is 83.0 Å². The number of carbonyl (C=O) groups excluding carboxylic acids is 3. The SMILES string of the molecule is CCOc1cccc2sc(N(CCN(C)C)C(=O)CN3C(=O)c4ccccc4C3=O)nc12.Cl. The van der Waals surface area contributed by atoms with Crippen LogP contribution in [0.15, 0.2) is 42.5 Å². The van der Waals surface area contributed by atoms with Crippen LogP contribution in [0.2, 0.25) is 0 Å². The van der Waals surface area contributed by atoms with Crippen LogP contribution in [0.25, 0.3) is 10.2 Å². The zero-order valence-corrected chi connectivity index (χ0v) is 20.2. The van der Waals surface area contributed by atoms with E-state index in [0.29, 0.717) is 47.2 Å². The van der Waals surface area contributed by atoms with E-state index >= 15 is 0 Å². The Morgan fingerprint density at radius 3 is 2.30 bits per heavy atom. The average molecular weight is 489 g/mol. The molecular weight excluding hydrogens is 464 g/mol. The number of ether oxygens (including phenoxy) is 1. The lowest BCUT2D eigenvalue weighted by molar-refractivity contribution is -0.119. The summed E-state index contributed by atoms with van der Waals surface area (Å²) in [7, 11) is 3.83. The quantitative estimate of drug-likeness (QED) is 0.452. The molecule has 3 aromatic rings.